The predicted octanol–water partition coefficient (Wildman–Crippen LogP) is 5.50. The standard InChI is InChI=1S/C27H21FNO3P/c28-23-18-16-21(17-19-23)26(20-29-27(30)22-10-4-1-5-11-22)32-33(31,24-12-6-2-7-13-24)25-14-8-3-9-15-25/h1-20H,(H,29,30). The second-order valence-electron chi connectivity index (χ2n) is 7.17. The van der Waals surface area contributed by atoms with E-state index in [2.05, 4.69) is 5.32 Å². The summed E-state index contributed by atoms with van der Waals surface area (Å²) in [5.41, 5.74) is 0.929. The Morgan fingerprint density at radius 2 is 1.18 bits per heavy atom. The minimum absolute atomic E-state index is 0.148. The molecular formula is C27H21FNO3P. The Balaban J connectivity index is 1.76. The fraction of sp³-hybridized carbons (Fsp3) is 0. The molecule has 6 heteroatoms. The molecule has 33 heavy (non-hydrogen) atoms. The number of hydrogen-bond donors (Lipinski definition) is 1. The third-order valence-electron chi connectivity index (χ3n) is 4.92. The van der Waals surface area contributed by atoms with Gasteiger partial charge in [-0.1, -0.05) is 54.6 Å². The van der Waals surface area contributed by atoms with Gasteiger partial charge in [-0.3, -0.25) is 9.36 Å². The molecule has 1 amide bonds. The highest BCUT2D eigenvalue weighted by Gasteiger charge is 2.31. The Labute approximate surface area is 191 Å². The van der Waals surface area contributed by atoms with Gasteiger partial charge in [0, 0.05) is 17.3 Å². The van der Waals surface area contributed by atoms with Crippen molar-refractivity contribution in [2.24, 2.45) is 0 Å². The third-order valence-corrected chi connectivity index (χ3v) is 7.33. The molecule has 0 bridgehead atoms. The molecule has 0 heterocycles. The van der Waals surface area contributed by atoms with Crippen LogP contribution in [0.4, 0.5) is 4.39 Å². The average Bonchev–Trinajstić information content (AvgIpc) is 2.88. The SMILES string of the molecule is O=C(NC=C(OP(=O)(c1ccccc1)c1ccccc1)c1ccc(F)cc1)c1ccccc1. The average molecular weight is 457 g/mol. The van der Waals surface area contributed by atoms with Crippen LogP contribution in [-0.4, -0.2) is 5.91 Å². The molecule has 4 nitrogen and oxygen atoms in total. The summed E-state index contributed by atoms with van der Waals surface area (Å²) >= 11 is 0. The Bertz CT molecular complexity index is 1250. The van der Waals surface area contributed by atoms with E-state index in [1.54, 1.807) is 72.8 Å². The second-order valence-corrected chi connectivity index (χ2v) is 9.49. The normalized spacial score (nSPS) is 11.6. The van der Waals surface area contributed by atoms with E-state index in [1.165, 1.54) is 30.5 Å². The fourth-order valence-electron chi connectivity index (χ4n) is 3.22. The molecule has 0 aliphatic rings. The molecular weight excluding hydrogens is 436 g/mol. The molecule has 0 aliphatic heterocycles. The zero-order chi connectivity index (χ0) is 23.1. The fourth-order valence-corrected chi connectivity index (χ4v) is 5.30. The van der Waals surface area contributed by atoms with Crippen LogP contribution in [0.15, 0.2) is 121 Å². The predicted molar refractivity (Wildman–Crippen MR) is 129 cm³/mol. The topological polar surface area (TPSA) is 55.4 Å². The zero-order valence-corrected chi connectivity index (χ0v) is 18.5. The Kier molecular flexibility index (Phi) is 6.82. The van der Waals surface area contributed by atoms with E-state index in [9.17, 15) is 13.8 Å². The van der Waals surface area contributed by atoms with Crippen molar-refractivity contribution in [2.75, 3.05) is 0 Å². The maximum absolute atomic E-state index is 14.3. The van der Waals surface area contributed by atoms with Crippen molar-refractivity contribution >= 4 is 29.6 Å². The lowest BCUT2D eigenvalue weighted by molar-refractivity contribution is 0.0969. The van der Waals surface area contributed by atoms with Crippen LogP contribution in [0.2, 0.25) is 0 Å². The lowest BCUT2D eigenvalue weighted by Gasteiger charge is -2.22. The van der Waals surface area contributed by atoms with E-state index in [4.69, 9.17) is 4.52 Å². The van der Waals surface area contributed by atoms with Crippen LogP contribution in [0.25, 0.3) is 5.76 Å². The van der Waals surface area contributed by atoms with Gasteiger partial charge in [-0.25, -0.2) is 4.39 Å². The highest BCUT2D eigenvalue weighted by molar-refractivity contribution is 7.74. The minimum atomic E-state index is -3.60. The summed E-state index contributed by atoms with van der Waals surface area (Å²) in [6.07, 6.45) is 1.36. The molecule has 164 valence electrons. The van der Waals surface area contributed by atoms with Gasteiger partial charge in [-0.15, -0.1) is 0 Å². The van der Waals surface area contributed by atoms with Crippen LogP contribution in [0.5, 0.6) is 0 Å². The molecule has 0 aromatic heterocycles. The summed E-state index contributed by atoms with van der Waals surface area (Å²) in [4.78, 5) is 12.6. The van der Waals surface area contributed by atoms with Crippen molar-refractivity contribution in [2.45, 2.75) is 0 Å². The minimum Gasteiger partial charge on any atom is -0.435 e. The molecule has 0 radical (unpaired) electrons. The van der Waals surface area contributed by atoms with E-state index in [-0.39, 0.29) is 11.7 Å². The van der Waals surface area contributed by atoms with Gasteiger partial charge in [0.25, 0.3) is 5.91 Å². The molecule has 0 unspecified atom stereocenters. The molecule has 0 saturated heterocycles. The zero-order valence-electron chi connectivity index (χ0n) is 17.6. The lowest BCUT2D eigenvalue weighted by Crippen LogP contribution is -2.20. The van der Waals surface area contributed by atoms with Crippen LogP contribution in [-0.2, 0) is 9.09 Å². The first-order valence-electron chi connectivity index (χ1n) is 10.3. The van der Waals surface area contributed by atoms with Gasteiger partial charge in [0.15, 0.2) is 5.76 Å². The first-order valence-corrected chi connectivity index (χ1v) is 11.9. The summed E-state index contributed by atoms with van der Waals surface area (Å²) in [5.74, 6) is -0.621. The number of carbonyl (C=O) groups is 1. The molecule has 4 rings (SSSR count). The number of nitrogens with one attached hydrogen (secondary N) is 1. The van der Waals surface area contributed by atoms with Gasteiger partial charge < -0.3 is 9.84 Å². The van der Waals surface area contributed by atoms with E-state index in [0.29, 0.717) is 21.7 Å². The van der Waals surface area contributed by atoms with Crippen LogP contribution in [0, 0.1) is 5.82 Å². The molecule has 0 saturated carbocycles. The highest BCUT2D eigenvalue weighted by Crippen LogP contribution is 2.48. The van der Waals surface area contributed by atoms with Crippen molar-refractivity contribution in [1.29, 1.82) is 0 Å². The van der Waals surface area contributed by atoms with E-state index >= 15 is 0 Å². The highest BCUT2D eigenvalue weighted by atomic mass is 31.2. The molecule has 0 spiro atoms. The number of carbonyl (C=O) groups excluding carboxylic acids is 1. The quantitative estimate of drug-likeness (QED) is 0.295. The van der Waals surface area contributed by atoms with Gasteiger partial charge in [0.2, 0.25) is 0 Å². The van der Waals surface area contributed by atoms with Gasteiger partial charge in [-0.05, 0) is 60.7 Å². The molecule has 4 aromatic carbocycles. The maximum Gasteiger partial charge on any atom is 0.306 e. The Morgan fingerprint density at radius 1 is 0.697 bits per heavy atom. The summed E-state index contributed by atoms with van der Waals surface area (Å²) < 4.78 is 34.1. The Hall–Kier alpha value is -3.95. The summed E-state index contributed by atoms with van der Waals surface area (Å²) in [6.45, 7) is 0. The first kappa shape index (κ1) is 22.3. The summed E-state index contributed by atoms with van der Waals surface area (Å²) in [6, 6.07) is 32.0. The molecule has 4 aromatic rings. The largest absolute Gasteiger partial charge is 0.435 e. The number of rotatable bonds is 7. The van der Waals surface area contributed by atoms with Crippen molar-refractivity contribution in [3.05, 3.63) is 138 Å². The number of benzene rings is 4. The van der Waals surface area contributed by atoms with Crippen molar-refractivity contribution in [3.63, 3.8) is 0 Å². The number of amides is 1. The van der Waals surface area contributed by atoms with Gasteiger partial charge in [0.1, 0.15) is 5.82 Å². The van der Waals surface area contributed by atoms with Crippen LogP contribution in [0.3, 0.4) is 0 Å². The Morgan fingerprint density at radius 3 is 1.70 bits per heavy atom. The molecule has 0 atom stereocenters. The molecule has 1 N–H and O–H groups in total. The van der Waals surface area contributed by atoms with Crippen LogP contribution in [0.1, 0.15) is 15.9 Å². The van der Waals surface area contributed by atoms with E-state index < -0.39 is 13.2 Å². The van der Waals surface area contributed by atoms with Crippen molar-refractivity contribution in [3.8, 4) is 0 Å². The smallest absolute Gasteiger partial charge is 0.306 e. The first-order chi connectivity index (χ1) is 16.1. The van der Waals surface area contributed by atoms with E-state index in [1.807, 2.05) is 18.2 Å². The van der Waals surface area contributed by atoms with Crippen molar-refractivity contribution < 1.29 is 18.3 Å². The monoisotopic (exact) mass is 457 g/mol. The number of hydrogen-bond acceptors (Lipinski definition) is 3. The summed E-state index contributed by atoms with van der Waals surface area (Å²) in [7, 11) is -3.60. The lowest BCUT2D eigenvalue weighted by atomic mass is 10.2. The van der Waals surface area contributed by atoms with Crippen LogP contribution < -0.4 is 15.9 Å². The van der Waals surface area contributed by atoms with Gasteiger partial charge in [0.05, 0.1) is 10.6 Å². The van der Waals surface area contributed by atoms with E-state index in [0.717, 1.165) is 0 Å². The van der Waals surface area contributed by atoms with Gasteiger partial charge in [-0.2, -0.15) is 0 Å². The number of halogens is 1. The third kappa shape index (κ3) is 5.28. The maximum atomic E-state index is 14.3. The molecule has 0 fully saturated rings. The molecule has 0 aliphatic carbocycles. The van der Waals surface area contributed by atoms with Crippen LogP contribution >= 0.6 is 7.37 Å². The van der Waals surface area contributed by atoms with Gasteiger partial charge >= 0.3 is 7.37 Å². The summed E-state index contributed by atoms with van der Waals surface area (Å²) in [5, 5.41) is 3.69. The van der Waals surface area contributed by atoms with Crippen molar-refractivity contribution in [1.82, 2.24) is 5.32 Å². The second kappa shape index (κ2) is 10.1.